The zero-order valence-electron chi connectivity index (χ0n) is 10.6. The van der Waals surface area contributed by atoms with Crippen LogP contribution in [0, 0.1) is 0 Å². The lowest BCUT2D eigenvalue weighted by molar-refractivity contribution is 0.477. The van der Waals surface area contributed by atoms with Gasteiger partial charge in [0.25, 0.3) is 0 Å². The van der Waals surface area contributed by atoms with E-state index < -0.39 is 10.0 Å². The summed E-state index contributed by atoms with van der Waals surface area (Å²) >= 11 is 0. The predicted octanol–water partition coefficient (Wildman–Crippen LogP) is -0.470. The average molecular weight is 277 g/mol. The number of rotatable bonds is 9. The highest BCUT2D eigenvalue weighted by Gasteiger charge is 2.08. The van der Waals surface area contributed by atoms with E-state index in [0.717, 1.165) is 13.0 Å². The van der Waals surface area contributed by atoms with Crippen LogP contribution in [0.2, 0.25) is 0 Å². The average Bonchev–Trinajstić information content (AvgIpc) is 2.77. The Morgan fingerprint density at radius 3 is 2.72 bits per heavy atom. The minimum absolute atomic E-state index is 0.0463. The third-order valence-electron chi connectivity index (χ3n) is 2.13. The third kappa shape index (κ3) is 5.43. The van der Waals surface area contributed by atoms with Gasteiger partial charge in [-0.15, -0.1) is 5.10 Å². The third-order valence-corrected chi connectivity index (χ3v) is 3.49. The van der Waals surface area contributed by atoms with E-state index in [9.17, 15) is 8.42 Å². The monoisotopic (exact) mass is 277 g/mol. The van der Waals surface area contributed by atoms with Crippen molar-refractivity contribution >= 4 is 16.0 Å². The summed E-state index contributed by atoms with van der Waals surface area (Å²) in [5.74, 6) is 0.428. The molecule has 0 radical (unpaired) electrons. The molecule has 9 heteroatoms. The van der Waals surface area contributed by atoms with Crippen molar-refractivity contribution in [2.45, 2.75) is 19.9 Å². The Kier molecular flexibility index (Phi) is 6.02. The van der Waals surface area contributed by atoms with Crippen LogP contribution in [0.25, 0.3) is 0 Å². The van der Waals surface area contributed by atoms with Crippen LogP contribution in [0.15, 0.2) is 4.42 Å². The van der Waals surface area contributed by atoms with Crippen molar-refractivity contribution < 1.29 is 12.8 Å². The van der Waals surface area contributed by atoms with Gasteiger partial charge in [0, 0.05) is 6.54 Å². The second-order valence-electron chi connectivity index (χ2n) is 3.63. The molecule has 0 aromatic carbocycles. The Hall–Kier alpha value is -1.19. The fourth-order valence-corrected chi connectivity index (χ4v) is 1.74. The normalized spacial score (nSPS) is 11.7. The molecule has 1 aromatic heterocycles. The molecule has 3 N–H and O–H groups in total. The summed E-state index contributed by atoms with van der Waals surface area (Å²) in [5, 5.41) is 13.5. The first-order valence-corrected chi connectivity index (χ1v) is 7.41. The van der Waals surface area contributed by atoms with Gasteiger partial charge < -0.3 is 15.1 Å². The van der Waals surface area contributed by atoms with E-state index >= 15 is 0 Å². The number of hydrogen-bond acceptors (Lipinski definition) is 7. The molecule has 0 fully saturated rings. The Labute approximate surface area is 107 Å². The van der Waals surface area contributed by atoms with Crippen molar-refractivity contribution in [2.75, 3.05) is 31.2 Å². The molecule has 0 unspecified atom stereocenters. The van der Waals surface area contributed by atoms with Crippen molar-refractivity contribution in [3.05, 3.63) is 5.89 Å². The SMILES string of the molecule is CCCNCc1nnc(NCCS(=O)(=O)NC)o1. The van der Waals surface area contributed by atoms with Gasteiger partial charge in [-0.3, -0.25) is 0 Å². The molecule has 0 saturated heterocycles. The highest BCUT2D eigenvalue weighted by molar-refractivity contribution is 7.89. The first kappa shape index (κ1) is 14.9. The zero-order chi connectivity index (χ0) is 13.4. The lowest BCUT2D eigenvalue weighted by Crippen LogP contribution is -2.26. The van der Waals surface area contributed by atoms with Crippen LogP contribution < -0.4 is 15.4 Å². The molecule has 104 valence electrons. The zero-order valence-corrected chi connectivity index (χ0v) is 11.4. The van der Waals surface area contributed by atoms with Crippen LogP contribution in [-0.4, -0.2) is 44.5 Å². The molecular formula is C9H19N5O3S. The molecule has 0 atom stereocenters. The summed E-state index contributed by atoms with van der Waals surface area (Å²) in [4.78, 5) is 0. The van der Waals surface area contributed by atoms with Gasteiger partial charge in [0.1, 0.15) is 0 Å². The summed E-state index contributed by atoms with van der Waals surface area (Å²) < 4.78 is 29.8. The molecule has 0 saturated carbocycles. The topological polar surface area (TPSA) is 109 Å². The number of sulfonamides is 1. The van der Waals surface area contributed by atoms with Crippen LogP contribution in [0.3, 0.4) is 0 Å². The minimum atomic E-state index is -3.22. The highest BCUT2D eigenvalue weighted by Crippen LogP contribution is 2.04. The van der Waals surface area contributed by atoms with E-state index in [4.69, 9.17) is 4.42 Å². The molecule has 1 rings (SSSR count). The fourth-order valence-electron chi connectivity index (χ4n) is 1.16. The first-order chi connectivity index (χ1) is 8.57. The van der Waals surface area contributed by atoms with Crippen LogP contribution in [0.4, 0.5) is 6.01 Å². The molecule has 0 aliphatic carbocycles. The van der Waals surface area contributed by atoms with E-state index in [2.05, 4.69) is 32.5 Å². The van der Waals surface area contributed by atoms with Gasteiger partial charge >= 0.3 is 6.01 Å². The maximum atomic E-state index is 11.1. The molecular weight excluding hydrogens is 258 g/mol. The van der Waals surface area contributed by atoms with Crippen molar-refractivity contribution in [1.29, 1.82) is 0 Å². The van der Waals surface area contributed by atoms with Crippen LogP contribution >= 0.6 is 0 Å². The first-order valence-electron chi connectivity index (χ1n) is 5.75. The second-order valence-corrected chi connectivity index (χ2v) is 5.67. The van der Waals surface area contributed by atoms with Crippen molar-refractivity contribution in [2.24, 2.45) is 0 Å². The van der Waals surface area contributed by atoms with Gasteiger partial charge in [0.2, 0.25) is 15.9 Å². The smallest absolute Gasteiger partial charge is 0.315 e. The summed E-state index contributed by atoms with van der Waals surface area (Å²) in [6.45, 7) is 3.67. The number of hydrogen-bond donors (Lipinski definition) is 3. The van der Waals surface area contributed by atoms with Gasteiger partial charge in [-0.05, 0) is 20.0 Å². The minimum Gasteiger partial charge on any atom is -0.407 e. The molecule has 18 heavy (non-hydrogen) atoms. The molecule has 0 bridgehead atoms. The van der Waals surface area contributed by atoms with Gasteiger partial charge in [-0.25, -0.2) is 13.1 Å². The summed E-state index contributed by atoms with van der Waals surface area (Å²) in [6, 6.07) is 0.231. The lowest BCUT2D eigenvalue weighted by atomic mass is 10.5. The van der Waals surface area contributed by atoms with Crippen LogP contribution in [0.1, 0.15) is 19.2 Å². The van der Waals surface area contributed by atoms with E-state index in [1.165, 1.54) is 7.05 Å². The Morgan fingerprint density at radius 1 is 1.28 bits per heavy atom. The molecule has 1 aromatic rings. The summed E-state index contributed by atoms with van der Waals surface area (Å²) in [7, 11) is -1.84. The molecule has 0 spiro atoms. The predicted molar refractivity (Wildman–Crippen MR) is 67.6 cm³/mol. The number of nitrogens with one attached hydrogen (secondary N) is 3. The molecule has 8 nitrogen and oxygen atoms in total. The maximum absolute atomic E-state index is 11.1. The van der Waals surface area contributed by atoms with Gasteiger partial charge in [0.05, 0.1) is 12.3 Å². The second kappa shape index (κ2) is 7.29. The number of anilines is 1. The summed E-state index contributed by atoms with van der Waals surface area (Å²) in [6.07, 6.45) is 1.03. The number of aromatic nitrogens is 2. The van der Waals surface area contributed by atoms with Crippen molar-refractivity contribution in [3.8, 4) is 0 Å². The molecule has 0 amide bonds. The molecule has 1 heterocycles. The lowest BCUT2D eigenvalue weighted by Gasteiger charge is -2.02. The maximum Gasteiger partial charge on any atom is 0.315 e. The Bertz CT molecular complexity index is 445. The standard InChI is InChI=1S/C9H19N5O3S/c1-3-4-11-7-8-13-14-9(17-8)12-5-6-18(15,16)10-2/h10-11H,3-7H2,1-2H3,(H,12,14). The van der Waals surface area contributed by atoms with E-state index in [-0.39, 0.29) is 18.3 Å². The van der Waals surface area contributed by atoms with Gasteiger partial charge in [-0.1, -0.05) is 12.0 Å². The van der Waals surface area contributed by atoms with Gasteiger partial charge in [-0.2, -0.15) is 0 Å². The Balaban J connectivity index is 2.31. The molecule has 0 aliphatic rings. The fraction of sp³-hybridized carbons (Fsp3) is 0.778. The summed E-state index contributed by atoms with van der Waals surface area (Å²) in [5.41, 5.74) is 0. The highest BCUT2D eigenvalue weighted by atomic mass is 32.2. The van der Waals surface area contributed by atoms with E-state index in [0.29, 0.717) is 12.4 Å². The van der Waals surface area contributed by atoms with Gasteiger partial charge in [0.15, 0.2) is 0 Å². The number of nitrogens with zero attached hydrogens (tertiary/aromatic N) is 2. The molecule has 0 aliphatic heterocycles. The largest absolute Gasteiger partial charge is 0.407 e. The van der Waals surface area contributed by atoms with E-state index in [1.807, 2.05) is 0 Å². The van der Waals surface area contributed by atoms with Crippen LogP contribution in [0.5, 0.6) is 0 Å². The Morgan fingerprint density at radius 2 is 2.06 bits per heavy atom. The van der Waals surface area contributed by atoms with E-state index in [1.54, 1.807) is 0 Å². The quantitative estimate of drug-likeness (QED) is 0.523. The van der Waals surface area contributed by atoms with Crippen molar-refractivity contribution in [1.82, 2.24) is 20.2 Å². The van der Waals surface area contributed by atoms with Crippen LogP contribution in [-0.2, 0) is 16.6 Å². The van der Waals surface area contributed by atoms with Crippen molar-refractivity contribution in [3.63, 3.8) is 0 Å².